The van der Waals surface area contributed by atoms with Crippen molar-refractivity contribution in [3.63, 3.8) is 0 Å². The summed E-state index contributed by atoms with van der Waals surface area (Å²) in [5.74, 6) is 0.833. The third kappa shape index (κ3) is 4.44. The lowest BCUT2D eigenvalue weighted by Crippen LogP contribution is -2.39. The molecule has 1 aliphatic heterocycles. The number of aromatic nitrogens is 3. The highest BCUT2D eigenvalue weighted by molar-refractivity contribution is 5.80. The van der Waals surface area contributed by atoms with Gasteiger partial charge in [0, 0.05) is 19.6 Å². The molecule has 116 valence electrons. The zero-order valence-corrected chi connectivity index (χ0v) is 12.6. The van der Waals surface area contributed by atoms with E-state index in [9.17, 15) is 4.79 Å². The van der Waals surface area contributed by atoms with Gasteiger partial charge in [0.1, 0.15) is 0 Å². The summed E-state index contributed by atoms with van der Waals surface area (Å²) in [6, 6.07) is 0.217. The summed E-state index contributed by atoms with van der Waals surface area (Å²) in [5, 5.41) is 5.94. The van der Waals surface area contributed by atoms with Crippen LogP contribution in [0.15, 0.2) is 0 Å². The average molecular weight is 294 g/mol. The van der Waals surface area contributed by atoms with Crippen molar-refractivity contribution in [3.05, 3.63) is 0 Å². The van der Waals surface area contributed by atoms with Crippen molar-refractivity contribution in [2.24, 2.45) is 0 Å². The van der Waals surface area contributed by atoms with Gasteiger partial charge in [-0.3, -0.25) is 4.79 Å². The summed E-state index contributed by atoms with van der Waals surface area (Å²) in [4.78, 5) is 26.3. The van der Waals surface area contributed by atoms with Gasteiger partial charge in [-0.15, -0.1) is 0 Å². The van der Waals surface area contributed by atoms with Crippen LogP contribution in [0, 0.1) is 0 Å². The largest absolute Gasteiger partial charge is 0.467 e. The second kappa shape index (κ2) is 7.61. The molecule has 1 amide bonds. The van der Waals surface area contributed by atoms with E-state index in [-0.39, 0.29) is 18.5 Å². The second-order valence-corrected chi connectivity index (χ2v) is 4.79. The maximum Gasteiger partial charge on any atom is 0.322 e. The molecule has 8 nitrogen and oxygen atoms in total. The van der Waals surface area contributed by atoms with Crippen LogP contribution in [0.25, 0.3) is 0 Å². The quantitative estimate of drug-likeness (QED) is 0.799. The molecule has 1 saturated heterocycles. The van der Waals surface area contributed by atoms with Crippen LogP contribution in [-0.4, -0.2) is 59.0 Å². The minimum atomic E-state index is 0.0686. The lowest BCUT2D eigenvalue weighted by atomic mass is 10.1. The molecular weight excluding hydrogens is 272 g/mol. The highest BCUT2D eigenvalue weighted by Gasteiger charge is 2.16. The molecule has 0 atom stereocenters. The molecule has 21 heavy (non-hydrogen) atoms. The van der Waals surface area contributed by atoms with Crippen molar-refractivity contribution < 1.29 is 9.53 Å². The summed E-state index contributed by atoms with van der Waals surface area (Å²) in [6.45, 7) is 4.49. The summed E-state index contributed by atoms with van der Waals surface area (Å²) in [6.07, 6.45) is 3.36. The summed E-state index contributed by atoms with van der Waals surface area (Å²) in [7, 11) is 1.49. The van der Waals surface area contributed by atoms with Crippen molar-refractivity contribution in [3.8, 4) is 6.01 Å². The molecule has 8 heteroatoms. The first-order chi connectivity index (χ1) is 10.2. The predicted octanol–water partition coefficient (Wildman–Crippen LogP) is 0.736. The third-order valence-electron chi connectivity index (χ3n) is 3.24. The van der Waals surface area contributed by atoms with Gasteiger partial charge >= 0.3 is 6.01 Å². The number of amides is 1. The average Bonchev–Trinajstić information content (AvgIpc) is 2.53. The Morgan fingerprint density at radius 3 is 2.43 bits per heavy atom. The van der Waals surface area contributed by atoms with Crippen LogP contribution in [-0.2, 0) is 4.79 Å². The maximum atomic E-state index is 12.1. The number of rotatable bonds is 6. The molecule has 1 aliphatic rings. The van der Waals surface area contributed by atoms with Crippen LogP contribution < -0.4 is 15.4 Å². The number of nitrogens with one attached hydrogen (secondary N) is 2. The van der Waals surface area contributed by atoms with Gasteiger partial charge in [0.25, 0.3) is 0 Å². The Kier molecular flexibility index (Phi) is 5.53. The van der Waals surface area contributed by atoms with E-state index in [1.807, 2.05) is 11.8 Å². The van der Waals surface area contributed by atoms with E-state index in [4.69, 9.17) is 4.74 Å². The zero-order valence-electron chi connectivity index (χ0n) is 12.6. The summed E-state index contributed by atoms with van der Waals surface area (Å²) < 4.78 is 5.03. The zero-order chi connectivity index (χ0) is 15.1. The third-order valence-corrected chi connectivity index (χ3v) is 3.24. The number of carbonyl (C=O) groups is 1. The van der Waals surface area contributed by atoms with E-state index in [0.29, 0.717) is 18.4 Å². The molecule has 0 bridgehead atoms. The molecule has 1 aromatic heterocycles. The summed E-state index contributed by atoms with van der Waals surface area (Å²) in [5.41, 5.74) is 0. The number of nitrogens with zero attached hydrogens (tertiary/aromatic N) is 4. The van der Waals surface area contributed by atoms with E-state index in [0.717, 1.165) is 25.9 Å². The second-order valence-electron chi connectivity index (χ2n) is 4.79. The van der Waals surface area contributed by atoms with Crippen molar-refractivity contribution in [2.75, 3.05) is 43.9 Å². The number of ether oxygens (including phenoxy) is 1. The molecule has 0 radical (unpaired) electrons. The Morgan fingerprint density at radius 1 is 1.14 bits per heavy atom. The SMILES string of the molecule is CCNc1nc(NCC(=O)N2CCCCC2)nc(OC)n1. The minimum absolute atomic E-state index is 0.0686. The smallest absolute Gasteiger partial charge is 0.322 e. The molecule has 0 saturated carbocycles. The van der Waals surface area contributed by atoms with E-state index in [1.54, 1.807) is 0 Å². The first-order valence-electron chi connectivity index (χ1n) is 7.28. The van der Waals surface area contributed by atoms with Crippen LogP contribution in [0.3, 0.4) is 0 Å². The normalized spacial score (nSPS) is 14.7. The van der Waals surface area contributed by atoms with Gasteiger partial charge in [0.2, 0.25) is 17.8 Å². The van der Waals surface area contributed by atoms with Gasteiger partial charge in [0.05, 0.1) is 13.7 Å². The molecule has 1 aromatic rings. The van der Waals surface area contributed by atoms with E-state index in [2.05, 4.69) is 25.6 Å². The molecule has 0 spiro atoms. The number of methoxy groups -OCH3 is 1. The van der Waals surface area contributed by atoms with Gasteiger partial charge in [-0.05, 0) is 26.2 Å². The first kappa shape index (κ1) is 15.3. The highest BCUT2D eigenvalue weighted by Crippen LogP contribution is 2.11. The van der Waals surface area contributed by atoms with Crippen molar-refractivity contribution in [2.45, 2.75) is 26.2 Å². The topological polar surface area (TPSA) is 92.3 Å². The molecule has 2 N–H and O–H groups in total. The van der Waals surface area contributed by atoms with Crippen LogP contribution >= 0.6 is 0 Å². The lowest BCUT2D eigenvalue weighted by Gasteiger charge is -2.26. The van der Waals surface area contributed by atoms with Gasteiger partial charge in [-0.1, -0.05) is 0 Å². The molecular formula is C13H22N6O2. The van der Waals surface area contributed by atoms with Crippen LogP contribution in [0.5, 0.6) is 6.01 Å². The number of hydrogen-bond acceptors (Lipinski definition) is 7. The predicted molar refractivity (Wildman–Crippen MR) is 79.5 cm³/mol. The fourth-order valence-corrected chi connectivity index (χ4v) is 2.17. The molecule has 0 aliphatic carbocycles. The number of hydrogen-bond donors (Lipinski definition) is 2. The van der Waals surface area contributed by atoms with Gasteiger partial charge in [-0.25, -0.2) is 0 Å². The molecule has 2 rings (SSSR count). The Labute approximate surface area is 124 Å². The number of likely N-dealkylation sites (tertiary alicyclic amines) is 1. The Bertz CT molecular complexity index is 476. The van der Waals surface area contributed by atoms with Crippen molar-refractivity contribution >= 4 is 17.8 Å². The van der Waals surface area contributed by atoms with E-state index < -0.39 is 0 Å². The lowest BCUT2D eigenvalue weighted by molar-refractivity contribution is -0.130. The van der Waals surface area contributed by atoms with Crippen LogP contribution in [0.4, 0.5) is 11.9 Å². The molecule has 2 heterocycles. The van der Waals surface area contributed by atoms with Gasteiger partial charge < -0.3 is 20.3 Å². The van der Waals surface area contributed by atoms with Crippen molar-refractivity contribution in [1.29, 1.82) is 0 Å². The standard InChI is InChI=1S/C13H22N6O2/c1-3-14-11-16-12(18-13(17-11)21-2)15-9-10(20)19-7-5-4-6-8-19/h3-9H2,1-2H3,(H2,14,15,16,17,18). The Balaban J connectivity index is 1.94. The Morgan fingerprint density at radius 2 is 1.81 bits per heavy atom. The molecule has 0 unspecified atom stereocenters. The summed E-state index contributed by atoms with van der Waals surface area (Å²) >= 11 is 0. The fourth-order valence-electron chi connectivity index (χ4n) is 2.17. The number of carbonyl (C=O) groups excluding carboxylic acids is 1. The number of piperidine rings is 1. The Hall–Kier alpha value is -2.12. The maximum absolute atomic E-state index is 12.1. The number of anilines is 2. The molecule has 1 fully saturated rings. The van der Waals surface area contributed by atoms with Crippen molar-refractivity contribution in [1.82, 2.24) is 19.9 Å². The monoisotopic (exact) mass is 294 g/mol. The van der Waals surface area contributed by atoms with Crippen LogP contribution in [0.2, 0.25) is 0 Å². The van der Waals surface area contributed by atoms with Crippen LogP contribution in [0.1, 0.15) is 26.2 Å². The van der Waals surface area contributed by atoms with Gasteiger partial charge in [0.15, 0.2) is 0 Å². The first-order valence-corrected chi connectivity index (χ1v) is 7.28. The molecule has 0 aromatic carbocycles. The van der Waals surface area contributed by atoms with Gasteiger partial charge in [-0.2, -0.15) is 15.0 Å². The van der Waals surface area contributed by atoms with E-state index in [1.165, 1.54) is 13.5 Å². The fraction of sp³-hybridized carbons (Fsp3) is 0.692. The van der Waals surface area contributed by atoms with E-state index >= 15 is 0 Å². The highest BCUT2D eigenvalue weighted by atomic mass is 16.5. The minimum Gasteiger partial charge on any atom is -0.467 e.